The molecule has 0 bridgehead atoms. The van der Waals surface area contributed by atoms with Gasteiger partial charge in [-0.1, -0.05) is 0 Å². The predicted octanol–water partition coefficient (Wildman–Crippen LogP) is -0.0757. The second kappa shape index (κ2) is 6.73. The van der Waals surface area contributed by atoms with E-state index in [0.29, 0.717) is 0 Å². The van der Waals surface area contributed by atoms with Crippen LogP contribution in [-0.2, 0) is 10.9 Å². The van der Waals surface area contributed by atoms with Crippen molar-refractivity contribution in [3.63, 3.8) is 0 Å². The summed E-state index contributed by atoms with van der Waals surface area (Å²) in [6, 6.07) is 4.15. The van der Waals surface area contributed by atoms with Crippen molar-refractivity contribution in [1.29, 1.82) is 0 Å². The summed E-state index contributed by atoms with van der Waals surface area (Å²) in [6.45, 7) is -0.103. The third-order valence-electron chi connectivity index (χ3n) is 2.37. The number of rotatable bonds is 3. The Balaban J connectivity index is 2.73. The van der Waals surface area contributed by atoms with Crippen molar-refractivity contribution in [2.45, 2.75) is 6.18 Å². The van der Waals surface area contributed by atoms with Crippen molar-refractivity contribution in [3.8, 4) is 0 Å². The first-order valence-electron chi connectivity index (χ1n) is 5.69. The van der Waals surface area contributed by atoms with E-state index in [1.165, 1.54) is 19.2 Å². The van der Waals surface area contributed by atoms with Crippen molar-refractivity contribution in [1.82, 2.24) is 5.32 Å². The number of hydrogen-bond donors (Lipinski definition) is 3. The lowest BCUT2D eigenvalue weighted by atomic mass is 10.1. The highest BCUT2D eigenvalue weighted by Gasteiger charge is 2.30. The van der Waals surface area contributed by atoms with E-state index in [0.717, 1.165) is 12.1 Å². The molecule has 5 N–H and O–H groups in total. The minimum Gasteiger partial charge on any atom is -0.453 e. The molecule has 0 saturated carbocycles. The van der Waals surface area contributed by atoms with Gasteiger partial charge in [0.1, 0.15) is 6.54 Å². The molecule has 0 spiro atoms. The van der Waals surface area contributed by atoms with Crippen LogP contribution in [0.1, 0.15) is 11.1 Å². The topological polar surface area (TPSA) is 102 Å². The first-order chi connectivity index (χ1) is 9.74. The van der Waals surface area contributed by atoms with Crippen LogP contribution in [0.5, 0.6) is 0 Å². The van der Waals surface area contributed by atoms with E-state index in [1.54, 1.807) is 0 Å². The number of carbonyl (C=O) groups is 1. The first-order valence-corrected chi connectivity index (χ1v) is 5.69. The number of amidine groups is 2. The molecule has 21 heavy (non-hydrogen) atoms. The zero-order valence-corrected chi connectivity index (χ0v) is 11.1. The molecular formula is C12H14F3N4O2+. The van der Waals surface area contributed by atoms with Gasteiger partial charge in [-0.25, -0.2) is 4.79 Å². The van der Waals surface area contributed by atoms with Crippen LogP contribution in [0.3, 0.4) is 0 Å². The third kappa shape index (κ3) is 5.13. The van der Waals surface area contributed by atoms with Crippen LogP contribution < -0.4 is 16.5 Å². The maximum Gasteiger partial charge on any atom is 0.416 e. The van der Waals surface area contributed by atoms with Gasteiger partial charge in [0, 0.05) is 0 Å². The van der Waals surface area contributed by atoms with Gasteiger partial charge in [-0.05, 0) is 29.3 Å². The summed E-state index contributed by atoms with van der Waals surface area (Å²) < 4.78 is 41.5. The van der Waals surface area contributed by atoms with Gasteiger partial charge in [0.2, 0.25) is 5.84 Å². The molecule has 6 nitrogen and oxygen atoms in total. The molecule has 1 rings (SSSR count). The lowest BCUT2D eigenvalue weighted by Gasteiger charge is -2.05. The van der Waals surface area contributed by atoms with Crippen molar-refractivity contribution in [2.24, 2.45) is 10.7 Å². The number of alkyl carbamates (subject to hydrolysis) is 1. The third-order valence-corrected chi connectivity index (χ3v) is 2.37. The highest BCUT2D eigenvalue weighted by atomic mass is 19.4. The van der Waals surface area contributed by atoms with Gasteiger partial charge in [-0.2, -0.15) is 13.2 Å². The van der Waals surface area contributed by atoms with Crippen molar-refractivity contribution < 1.29 is 28.1 Å². The number of nitrogens with two attached hydrogens (primary N) is 2. The molecule has 0 heterocycles. The highest BCUT2D eigenvalue weighted by molar-refractivity contribution is 6.03. The standard InChI is InChI=1S/C12H13F3N4O2/c1-21-11(20)18-6-9(16)19-10(17)7-2-4-8(5-3-7)12(13,14)15/h2-5H,6H2,1H3,(H,18,20)(H3,16,17,19)/p+1. The predicted molar refractivity (Wildman–Crippen MR) is 69.5 cm³/mol. The fraction of sp³-hybridized carbons (Fsp3) is 0.250. The van der Waals surface area contributed by atoms with Crippen LogP contribution in [0.2, 0.25) is 0 Å². The summed E-state index contributed by atoms with van der Waals surface area (Å²) in [7, 11) is 1.19. The van der Waals surface area contributed by atoms with Crippen LogP contribution in [0.4, 0.5) is 18.0 Å². The number of amides is 1. The molecule has 0 aliphatic carbocycles. The van der Waals surface area contributed by atoms with Crippen molar-refractivity contribution in [2.75, 3.05) is 13.7 Å². The van der Waals surface area contributed by atoms with E-state index in [2.05, 4.69) is 15.0 Å². The summed E-state index contributed by atoms with van der Waals surface area (Å²) in [6.07, 6.45) is -5.11. The molecule has 0 aromatic heterocycles. The van der Waals surface area contributed by atoms with Gasteiger partial charge < -0.3 is 15.8 Å². The Labute approximate surface area is 118 Å². The SMILES string of the molecule is COC(=O)NCC(N)=NC(=[NH2+])c1ccc(C(F)(F)F)cc1. The number of benzene rings is 1. The largest absolute Gasteiger partial charge is 0.453 e. The average Bonchev–Trinajstić information content (AvgIpc) is 2.43. The minimum absolute atomic E-state index is 0.0159. The molecule has 1 aromatic rings. The summed E-state index contributed by atoms with van der Waals surface area (Å²) in [5.41, 5.74) is 5.01. The monoisotopic (exact) mass is 303 g/mol. The average molecular weight is 303 g/mol. The van der Waals surface area contributed by atoms with Crippen molar-refractivity contribution in [3.05, 3.63) is 35.4 Å². The lowest BCUT2D eigenvalue weighted by Crippen LogP contribution is -2.42. The van der Waals surface area contributed by atoms with Gasteiger partial charge >= 0.3 is 18.1 Å². The number of carbonyl (C=O) groups excluding carboxylic acids is 1. The molecule has 0 atom stereocenters. The zero-order valence-electron chi connectivity index (χ0n) is 11.1. The first kappa shape index (κ1) is 16.5. The number of alkyl halides is 3. The second-order valence-electron chi connectivity index (χ2n) is 3.91. The van der Waals surface area contributed by atoms with E-state index < -0.39 is 17.8 Å². The van der Waals surface area contributed by atoms with Gasteiger partial charge in [0.15, 0.2) is 0 Å². The molecule has 1 amide bonds. The van der Waals surface area contributed by atoms with E-state index in [4.69, 9.17) is 11.1 Å². The summed E-state index contributed by atoms with van der Waals surface area (Å²) >= 11 is 0. The summed E-state index contributed by atoms with van der Waals surface area (Å²) in [4.78, 5) is 14.6. The number of halogens is 3. The smallest absolute Gasteiger partial charge is 0.416 e. The Hall–Kier alpha value is -2.58. The number of ether oxygens (including phenoxy) is 1. The molecule has 114 valence electrons. The Morgan fingerprint density at radius 3 is 2.43 bits per heavy atom. The molecule has 0 aliphatic rings. The lowest BCUT2D eigenvalue weighted by molar-refractivity contribution is -0.137. The number of nitrogens with one attached hydrogen (secondary N) is 1. The van der Waals surface area contributed by atoms with Crippen LogP contribution in [0.15, 0.2) is 29.3 Å². The van der Waals surface area contributed by atoms with E-state index in [9.17, 15) is 18.0 Å². The molecule has 1 aromatic carbocycles. The Bertz CT molecular complexity index is 553. The van der Waals surface area contributed by atoms with Gasteiger partial charge in [-0.3, -0.25) is 5.41 Å². The molecule has 0 fully saturated rings. The van der Waals surface area contributed by atoms with Crippen LogP contribution in [0.25, 0.3) is 0 Å². The maximum atomic E-state index is 12.4. The van der Waals surface area contributed by atoms with Crippen LogP contribution in [-0.4, -0.2) is 31.4 Å². The number of hydrogen-bond acceptors (Lipinski definition) is 2. The Morgan fingerprint density at radius 1 is 1.38 bits per heavy atom. The molecule has 0 saturated heterocycles. The molecule has 0 radical (unpaired) electrons. The second-order valence-corrected chi connectivity index (χ2v) is 3.91. The summed E-state index contributed by atoms with van der Waals surface area (Å²) in [5, 5.41) is 7.90. The number of methoxy groups -OCH3 is 1. The quantitative estimate of drug-likeness (QED) is 0.538. The van der Waals surface area contributed by atoms with Crippen LogP contribution in [0, 0.1) is 0 Å². The van der Waals surface area contributed by atoms with Gasteiger partial charge in [0.05, 0.1) is 18.2 Å². The number of aliphatic imine (C=N–C) groups is 1. The highest BCUT2D eigenvalue weighted by Crippen LogP contribution is 2.29. The van der Waals surface area contributed by atoms with Gasteiger partial charge in [-0.15, -0.1) is 0 Å². The van der Waals surface area contributed by atoms with E-state index in [-0.39, 0.29) is 23.8 Å². The van der Waals surface area contributed by atoms with E-state index >= 15 is 0 Å². The molecule has 0 unspecified atom stereocenters. The summed E-state index contributed by atoms with van der Waals surface area (Å²) in [5.74, 6) is -0.0781. The normalized spacial score (nSPS) is 11.9. The minimum atomic E-state index is -4.42. The fourth-order valence-electron chi connectivity index (χ4n) is 1.32. The zero-order chi connectivity index (χ0) is 16.0. The van der Waals surface area contributed by atoms with Gasteiger partial charge in [0.25, 0.3) is 0 Å². The fourth-order valence-corrected chi connectivity index (χ4v) is 1.32. The van der Waals surface area contributed by atoms with E-state index in [1.807, 2.05) is 0 Å². The number of nitrogens with zero attached hydrogens (tertiary/aromatic N) is 1. The van der Waals surface area contributed by atoms with Crippen molar-refractivity contribution >= 4 is 17.8 Å². The maximum absolute atomic E-state index is 12.4. The molecular weight excluding hydrogens is 289 g/mol. The molecule has 0 aliphatic heterocycles. The Morgan fingerprint density at radius 2 is 1.95 bits per heavy atom. The molecule has 9 heteroatoms. The van der Waals surface area contributed by atoms with Crippen LogP contribution >= 0.6 is 0 Å². The Kier molecular flexibility index (Phi) is 5.28.